The summed E-state index contributed by atoms with van der Waals surface area (Å²) >= 11 is 0. The molecule has 2 aromatic rings. The van der Waals surface area contributed by atoms with Crippen LogP contribution in [0.3, 0.4) is 0 Å². The van der Waals surface area contributed by atoms with Gasteiger partial charge in [0.05, 0.1) is 5.69 Å². The molecule has 1 saturated carbocycles. The van der Waals surface area contributed by atoms with Crippen LogP contribution in [0.4, 0.5) is 5.95 Å². The molecule has 1 aliphatic rings. The average Bonchev–Trinajstić information content (AvgIpc) is 3.01. The lowest BCUT2D eigenvalue weighted by Gasteiger charge is -2.38. The predicted octanol–water partition coefficient (Wildman–Crippen LogP) is 5.27. The van der Waals surface area contributed by atoms with Crippen LogP contribution in [0.2, 0.25) is 0 Å². The summed E-state index contributed by atoms with van der Waals surface area (Å²) in [5.74, 6) is 0.680. The van der Waals surface area contributed by atoms with Gasteiger partial charge in [-0.05, 0) is 50.7 Å². The first-order chi connectivity index (χ1) is 13.1. The minimum atomic E-state index is -0.116. The Kier molecular flexibility index (Phi) is 6.20. The van der Waals surface area contributed by atoms with Gasteiger partial charge in [-0.1, -0.05) is 54.6 Å². The highest BCUT2D eigenvalue weighted by Gasteiger charge is 2.33. The van der Waals surface area contributed by atoms with Crippen molar-refractivity contribution in [2.24, 2.45) is 10.7 Å². The number of imidazole rings is 1. The van der Waals surface area contributed by atoms with Gasteiger partial charge in [-0.2, -0.15) is 0 Å². The van der Waals surface area contributed by atoms with Crippen LogP contribution in [0.15, 0.2) is 65.8 Å². The van der Waals surface area contributed by atoms with E-state index in [2.05, 4.69) is 46.4 Å². The molecule has 3 rings (SSSR count). The fourth-order valence-corrected chi connectivity index (χ4v) is 3.11. The fourth-order valence-electron chi connectivity index (χ4n) is 3.11. The number of rotatable bonds is 7. The molecule has 0 spiro atoms. The Labute approximate surface area is 161 Å². The molecule has 2 N–H and O–H groups in total. The second-order valence-corrected chi connectivity index (χ2v) is 7.05. The Morgan fingerprint density at radius 3 is 2.63 bits per heavy atom. The summed E-state index contributed by atoms with van der Waals surface area (Å²) in [6.07, 6.45) is 20.4. The van der Waals surface area contributed by atoms with E-state index < -0.39 is 0 Å². The average molecular weight is 361 g/mol. The molecule has 1 heterocycles. The van der Waals surface area contributed by atoms with Crippen molar-refractivity contribution in [3.8, 4) is 0 Å². The van der Waals surface area contributed by atoms with E-state index in [9.17, 15) is 0 Å². The van der Waals surface area contributed by atoms with E-state index in [0.29, 0.717) is 5.95 Å². The Balaban J connectivity index is 1.67. The summed E-state index contributed by atoms with van der Waals surface area (Å²) in [6.45, 7) is 3.98. The van der Waals surface area contributed by atoms with Crippen LogP contribution in [-0.2, 0) is 5.54 Å². The molecule has 0 unspecified atom stereocenters. The Morgan fingerprint density at radius 2 is 1.96 bits per heavy atom. The highest BCUT2D eigenvalue weighted by atomic mass is 15.2. The lowest BCUT2D eigenvalue weighted by Crippen LogP contribution is -2.43. The van der Waals surface area contributed by atoms with E-state index in [1.54, 1.807) is 0 Å². The van der Waals surface area contributed by atoms with Gasteiger partial charge < -0.3 is 5.73 Å². The quantitative estimate of drug-likeness (QED) is 0.540. The summed E-state index contributed by atoms with van der Waals surface area (Å²) in [4.78, 5) is 9.06. The van der Waals surface area contributed by atoms with Crippen LogP contribution in [-0.4, -0.2) is 15.8 Å². The number of nitrogens with zero attached hydrogens (tertiary/aromatic N) is 3. The van der Waals surface area contributed by atoms with Gasteiger partial charge in [0.2, 0.25) is 5.95 Å². The first kappa shape index (κ1) is 19.1. The molecular weight excluding hydrogens is 332 g/mol. The first-order valence-corrected chi connectivity index (χ1v) is 9.54. The molecule has 1 aliphatic carbocycles. The number of nitrogens with two attached hydrogens (primary N) is 1. The van der Waals surface area contributed by atoms with Gasteiger partial charge in [0, 0.05) is 24.2 Å². The van der Waals surface area contributed by atoms with Crippen LogP contribution in [0.25, 0.3) is 6.20 Å². The topological polar surface area (TPSA) is 56.2 Å². The third-order valence-corrected chi connectivity index (χ3v) is 4.87. The molecule has 4 nitrogen and oxygen atoms in total. The Morgan fingerprint density at radius 1 is 1.19 bits per heavy atom. The fraction of sp³-hybridized carbons (Fsp3) is 0.304. The Bertz CT molecular complexity index is 862. The third kappa shape index (κ3) is 4.92. The molecule has 0 saturated heterocycles. The summed E-state index contributed by atoms with van der Waals surface area (Å²) in [6, 6.07) is 8.39. The SMILES string of the molecule is C/C=C\C=C/C/C=C/n1cc(C)nc1/N=C/c1ccc(C2(N)CCC2)cc1. The smallest absolute Gasteiger partial charge is 0.233 e. The van der Waals surface area contributed by atoms with Gasteiger partial charge >= 0.3 is 0 Å². The second-order valence-electron chi connectivity index (χ2n) is 7.05. The molecule has 0 bridgehead atoms. The van der Waals surface area contributed by atoms with Crippen molar-refractivity contribution < 1.29 is 0 Å². The lowest BCUT2D eigenvalue weighted by atomic mass is 9.73. The number of allylic oxidation sites excluding steroid dienone is 5. The monoisotopic (exact) mass is 360 g/mol. The van der Waals surface area contributed by atoms with Gasteiger partial charge in [0.15, 0.2) is 0 Å². The van der Waals surface area contributed by atoms with Crippen LogP contribution in [0, 0.1) is 6.92 Å². The van der Waals surface area contributed by atoms with Gasteiger partial charge in [0.1, 0.15) is 0 Å². The first-order valence-electron chi connectivity index (χ1n) is 9.54. The van der Waals surface area contributed by atoms with Gasteiger partial charge in [-0.25, -0.2) is 9.98 Å². The van der Waals surface area contributed by atoms with Gasteiger partial charge in [-0.15, -0.1) is 0 Å². The molecule has 1 aromatic heterocycles. The molecule has 1 aromatic carbocycles. The molecule has 27 heavy (non-hydrogen) atoms. The minimum Gasteiger partial charge on any atom is -0.321 e. The number of hydrogen-bond acceptors (Lipinski definition) is 3. The summed E-state index contributed by atoms with van der Waals surface area (Å²) in [5, 5.41) is 0. The van der Waals surface area contributed by atoms with E-state index in [1.807, 2.05) is 55.3 Å². The Hall–Kier alpha value is -2.72. The van der Waals surface area contributed by atoms with Gasteiger partial charge in [-0.3, -0.25) is 4.57 Å². The normalized spacial score (nSPS) is 16.9. The second kappa shape index (κ2) is 8.78. The number of aliphatic imine (C=N–C) groups is 1. The number of hydrogen-bond donors (Lipinski definition) is 1. The standard InChI is InChI=1S/C23H28N4/c1-3-4-5-6-7-8-16-27-18-19(2)26-22(27)25-17-20-10-12-21(13-11-20)23(24)14-9-15-23/h3-6,8,10-13,16-18H,7,9,14-15,24H2,1-2H3/b4-3-,6-5-,16-8+,25-17+. The van der Waals surface area contributed by atoms with E-state index in [1.165, 1.54) is 12.0 Å². The number of aryl methyl sites for hydroxylation is 1. The van der Waals surface area contributed by atoms with Crippen LogP contribution >= 0.6 is 0 Å². The highest BCUT2D eigenvalue weighted by molar-refractivity contribution is 5.81. The molecule has 140 valence electrons. The molecule has 0 radical (unpaired) electrons. The van der Waals surface area contributed by atoms with Crippen molar-refractivity contribution in [2.45, 2.75) is 45.1 Å². The zero-order chi connectivity index (χ0) is 19.1. The maximum atomic E-state index is 6.38. The van der Waals surface area contributed by atoms with Crippen LogP contribution in [0.5, 0.6) is 0 Å². The molecule has 4 heteroatoms. The molecule has 0 amide bonds. The van der Waals surface area contributed by atoms with Crippen molar-refractivity contribution >= 4 is 18.4 Å². The summed E-state index contributed by atoms with van der Waals surface area (Å²) in [7, 11) is 0. The van der Waals surface area contributed by atoms with E-state index in [0.717, 1.165) is 30.5 Å². The zero-order valence-electron chi connectivity index (χ0n) is 16.2. The van der Waals surface area contributed by atoms with Crippen molar-refractivity contribution in [2.75, 3.05) is 0 Å². The lowest BCUT2D eigenvalue weighted by molar-refractivity contribution is 0.253. The highest BCUT2D eigenvalue weighted by Crippen LogP contribution is 2.38. The van der Waals surface area contributed by atoms with E-state index in [-0.39, 0.29) is 5.54 Å². The van der Waals surface area contributed by atoms with E-state index in [4.69, 9.17) is 5.73 Å². The van der Waals surface area contributed by atoms with Gasteiger partial charge in [0.25, 0.3) is 0 Å². The molecule has 0 atom stereocenters. The summed E-state index contributed by atoms with van der Waals surface area (Å²) in [5.41, 5.74) is 9.48. The maximum Gasteiger partial charge on any atom is 0.233 e. The van der Waals surface area contributed by atoms with E-state index >= 15 is 0 Å². The minimum absolute atomic E-state index is 0.116. The molecular formula is C23H28N4. The molecule has 1 fully saturated rings. The zero-order valence-corrected chi connectivity index (χ0v) is 16.2. The largest absolute Gasteiger partial charge is 0.321 e. The van der Waals surface area contributed by atoms with Crippen molar-refractivity contribution in [3.63, 3.8) is 0 Å². The summed E-state index contributed by atoms with van der Waals surface area (Å²) < 4.78 is 1.95. The molecule has 0 aliphatic heterocycles. The van der Waals surface area contributed by atoms with Crippen molar-refractivity contribution in [1.29, 1.82) is 0 Å². The number of benzene rings is 1. The van der Waals surface area contributed by atoms with Crippen molar-refractivity contribution in [3.05, 3.63) is 77.7 Å². The predicted molar refractivity (Wildman–Crippen MR) is 114 cm³/mol. The third-order valence-electron chi connectivity index (χ3n) is 4.87. The maximum absolute atomic E-state index is 6.38. The van der Waals surface area contributed by atoms with Crippen LogP contribution < -0.4 is 5.73 Å². The van der Waals surface area contributed by atoms with Crippen molar-refractivity contribution in [1.82, 2.24) is 9.55 Å². The number of aromatic nitrogens is 2. The van der Waals surface area contributed by atoms with Crippen LogP contribution in [0.1, 0.15) is 49.4 Å².